The zero-order chi connectivity index (χ0) is 17.3. The average molecular weight is 331 g/mol. The maximum atomic E-state index is 12.3. The molecule has 24 heavy (non-hydrogen) atoms. The van der Waals surface area contributed by atoms with Gasteiger partial charge in [0.15, 0.2) is 0 Å². The Morgan fingerprint density at radius 3 is 2.58 bits per heavy atom. The lowest BCUT2D eigenvalue weighted by Crippen LogP contribution is -2.52. The number of rotatable bonds is 5. The zero-order valence-electron chi connectivity index (χ0n) is 13.6. The minimum atomic E-state index is -1.04. The summed E-state index contributed by atoms with van der Waals surface area (Å²) in [5, 5.41) is 17.4. The third-order valence-corrected chi connectivity index (χ3v) is 4.43. The van der Waals surface area contributed by atoms with Crippen LogP contribution in [0.5, 0.6) is 0 Å². The van der Waals surface area contributed by atoms with Crippen LogP contribution in [0, 0.1) is 5.92 Å². The summed E-state index contributed by atoms with van der Waals surface area (Å²) >= 11 is 0. The van der Waals surface area contributed by atoms with E-state index in [4.69, 9.17) is 0 Å². The highest BCUT2D eigenvalue weighted by Crippen LogP contribution is 2.19. The predicted molar refractivity (Wildman–Crippen MR) is 88.0 cm³/mol. The first-order chi connectivity index (χ1) is 11.5. The molecule has 8 heteroatoms. The smallest absolute Gasteiger partial charge is 0.326 e. The number of nitrogens with zero attached hydrogens (tertiary/aromatic N) is 2. The van der Waals surface area contributed by atoms with Crippen LogP contribution in [0.4, 0.5) is 0 Å². The van der Waals surface area contributed by atoms with Crippen LogP contribution in [0.2, 0.25) is 0 Å². The number of aliphatic carboxylic acids is 1. The van der Waals surface area contributed by atoms with Gasteiger partial charge in [-0.05, 0) is 19.9 Å². The summed E-state index contributed by atoms with van der Waals surface area (Å²) in [6.07, 6.45) is 1.77. The van der Waals surface area contributed by atoms with Crippen LogP contribution in [0.3, 0.4) is 0 Å². The van der Waals surface area contributed by atoms with Crippen molar-refractivity contribution in [3.63, 3.8) is 0 Å². The van der Waals surface area contributed by atoms with Gasteiger partial charge in [0, 0.05) is 29.6 Å². The zero-order valence-corrected chi connectivity index (χ0v) is 13.6. The summed E-state index contributed by atoms with van der Waals surface area (Å²) in [4.78, 5) is 23.9. The molecule has 1 aromatic heterocycles. The second kappa shape index (κ2) is 6.58. The molecule has 1 aliphatic rings. The highest BCUT2D eigenvalue weighted by atomic mass is 16.4. The van der Waals surface area contributed by atoms with Gasteiger partial charge in [-0.3, -0.25) is 20.3 Å². The lowest BCUT2D eigenvalue weighted by molar-refractivity contribution is -0.143. The van der Waals surface area contributed by atoms with Gasteiger partial charge in [-0.15, -0.1) is 0 Å². The van der Waals surface area contributed by atoms with Crippen molar-refractivity contribution >= 4 is 22.8 Å². The molecule has 3 atom stereocenters. The number of amides is 1. The van der Waals surface area contributed by atoms with Gasteiger partial charge in [-0.2, -0.15) is 5.10 Å². The third kappa shape index (κ3) is 3.24. The topological polar surface area (TPSA) is 108 Å². The maximum Gasteiger partial charge on any atom is 0.326 e. The minimum absolute atomic E-state index is 0.0190. The Labute approximate surface area is 139 Å². The van der Waals surface area contributed by atoms with Crippen LogP contribution in [0.1, 0.15) is 13.8 Å². The molecule has 0 radical (unpaired) electrons. The number of carbonyl (C=O) groups is 2. The lowest BCUT2D eigenvalue weighted by Gasteiger charge is -2.26. The van der Waals surface area contributed by atoms with E-state index in [0.29, 0.717) is 0 Å². The fraction of sp³-hybridized carbons (Fsp3) is 0.438. The van der Waals surface area contributed by atoms with E-state index in [9.17, 15) is 14.7 Å². The number of hydrogen-bond donors (Lipinski definition) is 4. The lowest BCUT2D eigenvalue weighted by atomic mass is 9.88. The van der Waals surface area contributed by atoms with Crippen LogP contribution in [0.25, 0.3) is 10.9 Å². The highest BCUT2D eigenvalue weighted by molar-refractivity contribution is 5.84. The number of hydrazine groups is 1. The van der Waals surface area contributed by atoms with Crippen molar-refractivity contribution < 1.29 is 14.7 Å². The second-order valence-corrected chi connectivity index (χ2v) is 6.21. The molecule has 0 spiro atoms. The molecule has 8 nitrogen and oxygen atoms in total. The molecule has 1 aromatic carbocycles. The Morgan fingerprint density at radius 2 is 1.96 bits per heavy atom. The van der Waals surface area contributed by atoms with E-state index in [1.165, 1.54) is 4.68 Å². The highest BCUT2D eigenvalue weighted by Gasteiger charge is 2.40. The van der Waals surface area contributed by atoms with Crippen molar-refractivity contribution in [2.75, 3.05) is 0 Å². The van der Waals surface area contributed by atoms with E-state index in [1.54, 1.807) is 6.20 Å². The maximum absolute atomic E-state index is 12.3. The molecule has 3 unspecified atom stereocenters. The summed E-state index contributed by atoms with van der Waals surface area (Å²) in [5.74, 6) is -1.66. The Balaban J connectivity index is 1.70. The number of carbonyl (C=O) groups excluding carboxylic acids is 1. The van der Waals surface area contributed by atoms with E-state index < -0.39 is 12.0 Å². The minimum Gasteiger partial charge on any atom is -0.480 e. The van der Waals surface area contributed by atoms with Gasteiger partial charge in [0.1, 0.15) is 12.6 Å². The first-order valence-electron chi connectivity index (χ1n) is 7.91. The van der Waals surface area contributed by atoms with Crippen LogP contribution in [-0.2, 0) is 16.1 Å². The largest absolute Gasteiger partial charge is 0.480 e. The van der Waals surface area contributed by atoms with E-state index in [2.05, 4.69) is 21.3 Å². The Bertz CT molecular complexity index is 716. The van der Waals surface area contributed by atoms with Crippen molar-refractivity contribution in [1.82, 2.24) is 25.9 Å². The first-order valence-corrected chi connectivity index (χ1v) is 7.91. The number of nitrogens with one attached hydrogen (secondary N) is 3. The molecule has 1 saturated heterocycles. The van der Waals surface area contributed by atoms with Gasteiger partial charge in [0.05, 0.1) is 5.52 Å². The fourth-order valence-electron chi connectivity index (χ4n) is 3.25. The van der Waals surface area contributed by atoms with Crippen LogP contribution in [-0.4, -0.2) is 44.9 Å². The van der Waals surface area contributed by atoms with Crippen molar-refractivity contribution in [3.05, 3.63) is 30.5 Å². The average Bonchev–Trinajstić information content (AvgIpc) is 3.07. The van der Waals surface area contributed by atoms with Crippen molar-refractivity contribution in [2.45, 2.75) is 38.5 Å². The number of carboxylic acid groups (broad SMARTS) is 1. The molecule has 1 amide bonds. The van der Waals surface area contributed by atoms with E-state index >= 15 is 0 Å². The molecular formula is C16H21N5O3. The molecule has 0 saturated carbocycles. The number of fused-ring (bicyclic) bond motifs is 1. The van der Waals surface area contributed by atoms with Crippen LogP contribution < -0.4 is 16.2 Å². The summed E-state index contributed by atoms with van der Waals surface area (Å²) in [7, 11) is 0. The van der Waals surface area contributed by atoms with E-state index in [1.807, 2.05) is 38.1 Å². The molecule has 0 aliphatic carbocycles. The monoisotopic (exact) mass is 331 g/mol. The van der Waals surface area contributed by atoms with Crippen LogP contribution >= 0.6 is 0 Å². The number of hydrogen-bond acceptors (Lipinski definition) is 5. The molecule has 0 bridgehead atoms. The number of aromatic nitrogens is 2. The summed E-state index contributed by atoms with van der Waals surface area (Å²) in [5.41, 5.74) is 6.82. The first kappa shape index (κ1) is 16.4. The van der Waals surface area contributed by atoms with Crippen LogP contribution in [0.15, 0.2) is 30.5 Å². The molecule has 128 valence electrons. The number of benzene rings is 1. The normalized spacial score (nSPS) is 24.8. The van der Waals surface area contributed by atoms with Gasteiger partial charge < -0.3 is 10.4 Å². The van der Waals surface area contributed by atoms with E-state index in [-0.39, 0.29) is 30.5 Å². The standard InChI is InChI=1S/C16H21N5O3/c1-9-14(10(2)19-18-9)15(16(23)24)17-13(22)8-21-7-11-5-3-4-6-12(11)20-21/h3-7,9-10,14-15,18-19H,8H2,1-2H3,(H,17,22)(H,23,24). The molecule has 1 fully saturated rings. The second-order valence-electron chi connectivity index (χ2n) is 6.21. The van der Waals surface area contributed by atoms with Crippen molar-refractivity contribution in [2.24, 2.45) is 5.92 Å². The van der Waals surface area contributed by atoms with E-state index in [0.717, 1.165) is 10.9 Å². The summed E-state index contributed by atoms with van der Waals surface area (Å²) < 4.78 is 1.52. The van der Waals surface area contributed by atoms with Gasteiger partial charge in [0.25, 0.3) is 0 Å². The predicted octanol–water partition coefficient (Wildman–Crippen LogP) is 0.107. The third-order valence-electron chi connectivity index (χ3n) is 4.43. The Kier molecular flexibility index (Phi) is 4.50. The molecule has 2 aromatic rings. The molecule has 3 rings (SSSR count). The molecular weight excluding hydrogens is 310 g/mol. The molecule has 2 heterocycles. The Hall–Kier alpha value is -2.45. The summed E-state index contributed by atoms with van der Waals surface area (Å²) in [6.45, 7) is 3.77. The van der Waals surface area contributed by atoms with Gasteiger partial charge >= 0.3 is 5.97 Å². The van der Waals surface area contributed by atoms with Crippen molar-refractivity contribution in [1.29, 1.82) is 0 Å². The SMILES string of the molecule is CC1NNC(C)C1C(NC(=O)Cn1cc2ccccc2n1)C(=O)O. The molecule has 1 aliphatic heterocycles. The number of carboxylic acids is 1. The Morgan fingerprint density at radius 1 is 1.29 bits per heavy atom. The quantitative estimate of drug-likeness (QED) is 0.619. The van der Waals surface area contributed by atoms with Crippen molar-refractivity contribution in [3.8, 4) is 0 Å². The molecule has 4 N–H and O–H groups in total. The van der Waals surface area contributed by atoms with Gasteiger partial charge in [0.2, 0.25) is 5.91 Å². The fourth-order valence-corrected chi connectivity index (χ4v) is 3.25. The van der Waals surface area contributed by atoms with Gasteiger partial charge in [-0.25, -0.2) is 4.79 Å². The van der Waals surface area contributed by atoms with Gasteiger partial charge in [-0.1, -0.05) is 18.2 Å². The summed E-state index contributed by atoms with van der Waals surface area (Å²) in [6, 6.07) is 6.47.